The zero-order chi connectivity index (χ0) is 14.5. The minimum absolute atomic E-state index is 0.00130. The summed E-state index contributed by atoms with van der Waals surface area (Å²) in [5.41, 5.74) is 8.43. The van der Waals surface area contributed by atoms with E-state index in [0.717, 1.165) is 12.0 Å². The Balaban J connectivity index is 2.31. The van der Waals surface area contributed by atoms with Crippen molar-refractivity contribution in [1.82, 2.24) is 0 Å². The third kappa shape index (κ3) is 3.62. The second-order valence-electron chi connectivity index (χ2n) is 4.93. The molecule has 2 N–H and O–H groups in total. The standard InChI is InChI=1S/C17H20FNS/c1-3-15(19)17(13-8-6-9-14(18)11-13)20-16-10-5-4-7-12(16)2/h4-11,15,17H,3,19H2,1-2H3. The van der Waals surface area contributed by atoms with Gasteiger partial charge in [-0.15, -0.1) is 11.8 Å². The van der Waals surface area contributed by atoms with Crippen LogP contribution >= 0.6 is 11.8 Å². The lowest BCUT2D eigenvalue weighted by molar-refractivity contribution is 0.610. The maximum atomic E-state index is 13.5. The van der Waals surface area contributed by atoms with Gasteiger partial charge < -0.3 is 5.73 Å². The van der Waals surface area contributed by atoms with E-state index in [2.05, 4.69) is 26.0 Å². The second kappa shape index (κ2) is 6.91. The Hall–Kier alpha value is -1.32. The van der Waals surface area contributed by atoms with E-state index >= 15 is 0 Å². The van der Waals surface area contributed by atoms with E-state index in [4.69, 9.17) is 5.73 Å². The maximum Gasteiger partial charge on any atom is 0.123 e. The van der Waals surface area contributed by atoms with Gasteiger partial charge in [-0.3, -0.25) is 0 Å². The first kappa shape index (κ1) is 15.1. The Morgan fingerprint density at radius 1 is 1.15 bits per heavy atom. The SMILES string of the molecule is CCC(N)C(Sc1ccccc1C)c1cccc(F)c1. The van der Waals surface area contributed by atoms with Crippen molar-refractivity contribution in [3.05, 3.63) is 65.5 Å². The molecule has 2 rings (SSSR count). The van der Waals surface area contributed by atoms with Crippen molar-refractivity contribution in [2.24, 2.45) is 5.73 Å². The van der Waals surface area contributed by atoms with E-state index in [9.17, 15) is 4.39 Å². The number of nitrogens with two attached hydrogens (primary N) is 1. The van der Waals surface area contributed by atoms with Crippen LogP contribution in [-0.4, -0.2) is 6.04 Å². The second-order valence-corrected chi connectivity index (χ2v) is 6.11. The van der Waals surface area contributed by atoms with Crippen LogP contribution in [0.2, 0.25) is 0 Å². The fourth-order valence-corrected chi connectivity index (χ4v) is 3.46. The van der Waals surface area contributed by atoms with Crippen LogP contribution in [0.4, 0.5) is 4.39 Å². The number of aryl methyl sites for hydroxylation is 1. The molecule has 1 nitrogen and oxygen atoms in total. The van der Waals surface area contributed by atoms with E-state index in [1.807, 2.05) is 18.2 Å². The topological polar surface area (TPSA) is 26.0 Å². The molecule has 0 saturated heterocycles. The fraction of sp³-hybridized carbons (Fsp3) is 0.294. The van der Waals surface area contributed by atoms with Crippen LogP contribution in [0, 0.1) is 12.7 Å². The molecule has 0 saturated carbocycles. The van der Waals surface area contributed by atoms with E-state index in [-0.39, 0.29) is 17.1 Å². The number of halogens is 1. The molecule has 0 amide bonds. The summed E-state index contributed by atoms with van der Waals surface area (Å²) >= 11 is 1.72. The van der Waals surface area contributed by atoms with Gasteiger partial charge >= 0.3 is 0 Å². The lowest BCUT2D eigenvalue weighted by Crippen LogP contribution is -2.25. The van der Waals surface area contributed by atoms with Crippen molar-refractivity contribution in [3.8, 4) is 0 Å². The average molecular weight is 289 g/mol. The van der Waals surface area contributed by atoms with Crippen LogP contribution in [0.25, 0.3) is 0 Å². The first-order chi connectivity index (χ1) is 9.61. The zero-order valence-corrected chi connectivity index (χ0v) is 12.7. The molecule has 0 spiro atoms. The average Bonchev–Trinajstić information content (AvgIpc) is 2.45. The molecule has 0 aromatic heterocycles. The highest BCUT2D eigenvalue weighted by molar-refractivity contribution is 7.99. The molecule has 0 fully saturated rings. The highest BCUT2D eigenvalue weighted by atomic mass is 32.2. The van der Waals surface area contributed by atoms with Gasteiger partial charge in [-0.1, -0.05) is 37.3 Å². The van der Waals surface area contributed by atoms with Gasteiger partial charge in [0.15, 0.2) is 0 Å². The van der Waals surface area contributed by atoms with Gasteiger partial charge in [0.05, 0.1) is 0 Å². The molecule has 2 aromatic carbocycles. The molecule has 2 unspecified atom stereocenters. The highest BCUT2D eigenvalue weighted by Gasteiger charge is 2.21. The quantitative estimate of drug-likeness (QED) is 0.807. The van der Waals surface area contributed by atoms with Crippen molar-refractivity contribution < 1.29 is 4.39 Å². The Labute approximate surface area is 124 Å². The van der Waals surface area contributed by atoms with Gasteiger partial charge in [0, 0.05) is 16.2 Å². The van der Waals surface area contributed by atoms with E-state index in [1.165, 1.54) is 16.5 Å². The molecular weight excluding hydrogens is 269 g/mol. The van der Waals surface area contributed by atoms with Gasteiger partial charge in [-0.05, 0) is 42.7 Å². The Morgan fingerprint density at radius 3 is 2.55 bits per heavy atom. The molecule has 2 atom stereocenters. The summed E-state index contributed by atoms with van der Waals surface area (Å²) in [7, 11) is 0. The third-order valence-electron chi connectivity index (χ3n) is 3.39. The first-order valence-corrected chi connectivity index (χ1v) is 7.73. The molecular formula is C17H20FNS. The van der Waals surface area contributed by atoms with Crippen molar-refractivity contribution in [2.45, 2.75) is 36.5 Å². The predicted molar refractivity (Wildman–Crippen MR) is 84.4 cm³/mol. The van der Waals surface area contributed by atoms with Crippen LogP contribution in [0.5, 0.6) is 0 Å². The lowest BCUT2D eigenvalue weighted by atomic mass is 10.0. The van der Waals surface area contributed by atoms with Crippen molar-refractivity contribution in [3.63, 3.8) is 0 Å². The van der Waals surface area contributed by atoms with Gasteiger partial charge in [0.1, 0.15) is 5.82 Å². The molecule has 0 bridgehead atoms. The van der Waals surface area contributed by atoms with E-state index in [0.29, 0.717) is 0 Å². The van der Waals surface area contributed by atoms with Crippen LogP contribution in [-0.2, 0) is 0 Å². The Bertz CT molecular complexity index is 570. The molecule has 3 heteroatoms. The molecule has 0 aliphatic rings. The number of rotatable bonds is 5. The number of hydrogen-bond acceptors (Lipinski definition) is 2. The summed E-state index contributed by atoms with van der Waals surface area (Å²) in [5, 5.41) is 0.0665. The van der Waals surface area contributed by atoms with Gasteiger partial charge in [-0.25, -0.2) is 4.39 Å². The summed E-state index contributed by atoms with van der Waals surface area (Å²) < 4.78 is 13.5. The van der Waals surface area contributed by atoms with Gasteiger partial charge in [0.2, 0.25) is 0 Å². The summed E-state index contributed by atoms with van der Waals surface area (Å²) in [4.78, 5) is 1.20. The van der Waals surface area contributed by atoms with E-state index in [1.54, 1.807) is 23.9 Å². The number of hydrogen-bond donors (Lipinski definition) is 1. The van der Waals surface area contributed by atoms with Gasteiger partial charge in [-0.2, -0.15) is 0 Å². The number of thioether (sulfide) groups is 1. The van der Waals surface area contributed by atoms with Crippen molar-refractivity contribution in [2.75, 3.05) is 0 Å². The maximum absolute atomic E-state index is 13.5. The molecule has 0 aliphatic carbocycles. The zero-order valence-electron chi connectivity index (χ0n) is 11.8. The summed E-state index contributed by atoms with van der Waals surface area (Å²) in [6.45, 7) is 4.15. The molecule has 2 aromatic rings. The Kier molecular flexibility index (Phi) is 5.21. The molecule has 20 heavy (non-hydrogen) atoms. The summed E-state index contributed by atoms with van der Waals surface area (Å²) in [5.74, 6) is -0.207. The number of benzene rings is 2. The smallest absolute Gasteiger partial charge is 0.123 e. The molecule has 106 valence electrons. The van der Waals surface area contributed by atoms with E-state index < -0.39 is 0 Å². The molecule has 0 heterocycles. The third-order valence-corrected chi connectivity index (χ3v) is 4.97. The largest absolute Gasteiger partial charge is 0.326 e. The van der Waals surface area contributed by atoms with Crippen LogP contribution in [0.1, 0.15) is 29.7 Å². The van der Waals surface area contributed by atoms with Gasteiger partial charge in [0.25, 0.3) is 0 Å². The monoisotopic (exact) mass is 289 g/mol. The highest BCUT2D eigenvalue weighted by Crippen LogP contribution is 2.39. The normalized spacial score (nSPS) is 14.0. The Morgan fingerprint density at radius 2 is 1.90 bits per heavy atom. The van der Waals surface area contributed by atoms with Crippen LogP contribution in [0.15, 0.2) is 53.4 Å². The van der Waals surface area contributed by atoms with Crippen LogP contribution < -0.4 is 5.73 Å². The minimum Gasteiger partial charge on any atom is -0.326 e. The molecule has 0 aliphatic heterocycles. The summed E-state index contributed by atoms with van der Waals surface area (Å²) in [6.07, 6.45) is 0.861. The van der Waals surface area contributed by atoms with Crippen LogP contribution in [0.3, 0.4) is 0 Å². The summed E-state index contributed by atoms with van der Waals surface area (Å²) in [6, 6.07) is 15.0. The fourth-order valence-electron chi connectivity index (χ4n) is 2.13. The van der Waals surface area contributed by atoms with Crippen molar-refractivity contribution >= 4 is 11.8 Å². The molecule has 0 radical (unpaired) electrons. The van der Waals surface area contributed by atoms with Crippen molar-refractivity contribution in [1.29, 1.82) is 0 Å². The predicted octanol–water partition coefficient (Wildman–Crippen LogP) is 4.70. The minimum atomic E-state index is -0.207. The first-order valence-electron chi connectivity index (χ1n) is 6.85. The lowest BCUT2D eigenvalue weighted by Gasteiger charge is -2.23.